The van der Waals surface area contributed by atoms with Crippen LogP contribution in [-0.2, 0) is 6.18 Å². The van der Waals surface area contributed by atoms with Gasteiger partial charge in [0.2, 0.25) is 0 Å². The monoisotopic (exact) mass is 300 g/mol. The Morgan fingerprint density at radius 3 is 2.33 bits per heavy atom. The molecule has 0 radical (unpaired) electrons. The number of hydrogen-bond donors (Lipinski definition) is 1. The fourth-order valence-corrected chi connectivity index (χ4v) is 2.86. The topological polar surface area (TPSA) is 32.3 Å². The van der Waals surface area contributed by atoms with Crippen molar-refractivity contribution in [2.75, 3.05) is 18.4 Å². The molecule has 6 heteroatoms. The lowest BCUT2D eigenvalue weighted by Gasteiger charge is -2.35. The van der Waals surface area contributed by atoms with Gasteiger partial charge in [0, 0.05) is 13.1 Å². The first-order chi connectivity index (χ1) is 9.77. The van der Waals surface area contributed by atoms with Crippen LogP contribution in [0.3, 0.4) is 0 Å². The van der Waals surface area contributed by atoms with Crippen molar-refractivity contribution < 1.29 is 18.0 Å². The largest absolute Gasteiger partial charge is 0.418 e. The van der Waals surface area contributed by atoms with Gasteiger partial charge >= 0.3 is 12.2 Å². The van der Waals surface area contributed by atoms with Crippen LogP contribution in [0.5, 0.6) is 0 Å². The number of carbonyl (C=O) groups is 1. The average Bonchev–Trinajstić information content (AvgIpc) is 2.37. The number of halogens is 3. The lowest BCUT2D eigenvalue weighted by molar-refractivity contribution is -0.136. The van der Waals surface area contributed by atoms with Gasteiger partial charge in [-0.15, -0.1) is 0 Å². The van der Waals surface area contributed by atoms with E-state index in [9.17, 15) is 18.0 Å². The summed E-state index contributed by atoms with van der Waals surface area (Å²) < 4.78 is 38.7. The predicted molar refractivity (Wildman–Crippen MR) is 75.0 cm³/mol. The second-order valence-electron chi connectivity index (χ2n) is 5.82. The zero-order valence-corrected chi connectivity index (χ0v) is 12.1. The van der Waals surface area contributed by atoms with Crippen LogP contribution in [0.25, 0.3) is 0 Å². The zero-order valence-electron chi connectivity index (χ0n) is 12.1. The highest BCUT2D eigenvalue weighted by atomic mass is 19.4. The van der Waals surface area contributed by atoms with Crippen LogP contribution in [0, 0.1) is 11.8 Å². The van der Waals surface area contributed by atoms with Crippen molar-refractivity contribution in [3.05, 3.63) is 29.8 Å². The summed E-state index contributed by atoms with van der Waals surface area (Å²) in [6.45, 7) is 5.23. The molecular weight excluding hydrogens is 281 g/mol. The minimum absolute atomic E-state index is 0.194. The van der Waals surface area contributed by atoms with Crippen molar-refractivity contribution in [2.45, 2.75) is 26.4 Å². The molecule has 21 heavy (non-hydrogen) atoms. The maximum absolute atomic E-state index is 12.9. The highest BCUT2D eigenvalue weighted by molar-refractivity contribution is 5.90. The van der Waals surface area contributed by atoms with Crippen molar-refractivity contribution in [2.24, 2.45) is 11.8 Å². The minimum Gasteiger partial charge on any atom is -0.324 e. The van der Waals surface area contributed by atoms with Gasteiger partial charge in [0.15, 0.2) is 0 Å². The Morgan fingerprint density at radius 2 is 1.76 bits per heavy atom. The number of amides is 2. The van der Waals surface area contributed by atoms with E-state index in [2.05, 4.69) is 5.32 Å². The Balaban J connectivity index is 2.13. The summed E-state index contributed by atoms with van der Waals surface area (Å²) in [5.41, 5.74) is -1.02. The standard InChI is InChI=1S/C15H19F3N2O/c1-10-7-11(2)9-20(8-10)14(21)19-13-6-4-3-5-12(13)15(16,17)18/h3-6,10-11H,7-9H2,1-2H3,(H,19,21)/t10-,11-/m0/s1. The molecule has 1 fully saturated rings. The summed E-state index contributed by atoms with van der Waals surface area (Å²) >= 11 is 0. The number of urea groups is 1. The number of anilines is 1. The lowest BCUT2D eigenvalue weighted by Crippen LogP contribution is -2.44. The number of likely N-dealkylation sites (tertiary alicyclic amines) is 1. The van der Waals surface area contributed by atoms with E-state index in [0.717, 1.165) is 12.5 Å². The number of carbonyl (C=O) groups excluding carboxylic acids is 1. The van der Waals surface area contributed by atoms with Crippen LogP contribution >= 0.6 is 0 Å². The number of alkyl halides is 3. The minimum atomic E-state index is -4.48. The first-order valence-corrected chi connectivity index (χ1v) is 6.99. The Labute approximate surface area is 122 Å². The van der Waals surface area contributed by atoms with E-state index < -0.39 is 17.8 Å². The summed E-state index contributed by atoms with van der Waals surface area (Å²) in [5.74, 6) is 0.717. The SMILES string of the molecule is C[C@H]1C[C@H](C)CN(C(=O)Nc2ccccc2C(F)(F)F)C1. The van der Waals surface area contributed by atoms with Gasteiger partial charge < -0.3 is 10.2 Å². The van der Waals surface area contributed by atoms with Crippen LogP contribution in [0.1, 0.15) is 25.8 Å². The van der Waals surface area contributed by atoms with E-state index in [4.69, 9.17) is 0 Å². The lowest BCUT2D eigenvalue weighted by atomic mass is 9.92. The first kappa shape index (κ1) is 15.7. The molecule has 1 aliphatic heterocycles. The highest BCUT2D eigenvalue weighted by Crippen LogP contribution is 2.34. The van der Waals surface area contributed by atoms with E-state index in [1.165, 1.54) is 18.2 Å². The summed E-state index contributed by atoms with van der Waals surface area (Å²) in [7, 11) is 0. The van der Waals surface area contributed by atoms with Crippen molar-refractivity contribution >= 4 is 11.7 Å². The molecule has 0 aliphatic carbocycles. The number of rotatable bonds is 1. The van der Waals surface area contributed by atoms with Crippen molar-refractivity contribution in [3.8, 4) is 0 Å². The fourth-order valence-electron chi connectivity index (χ4n) is 2.86. The number of para-hydroxylation sites is 1. The molecule has 1 aromatic carbocycles. The smallest absolute Gasteiger partial charge is 0.324 e. The molecule has 0 bridgehead atoms. The second-order valence-corrected chi connectivity index (χ2v) is 5.82. The zero-order chi connectivity index (χ0) is 15.6. The Morgan fingerprint density at radius 1 is 1.19 bits per heavy atom. The average molecular weight is 300 g/mol. The van der Waals surface area contributed by atoms with Crippen molar-refractivity contribution in [1.29, 1.82) is 0 Å². The summed E-state index contributed by atoms with van der Waals surface area (Å²) in [4.78, 5) is 13.8. The summed E-state index contributed by atoms with van der Waals surface area (Å²) in [6, 6.07) is 4.56. The van der Waals surface area contributed by atoms with E-state index in [0.29, 0.717) is 24.9 Å². The summed E-state index contributed by atoms with van der Waals surface area (Å²) in [6.07, 6.45) is -3.45. The molecule has 1 heterocycles. The molecule has 0 aromatic heterocycles. The molecule has 1 aromatic rings. The van der Waals surface area contributed by atoms with E-state index in [1.807, 2.05) is 13.8 Å². The van der Waals surface area contributed by atoms with Crippen molar-refractivity contribution in [1.82, 2.24) is 4.90 Å². The third-order valence-corrected chi connectivity index (χ3v) is 3.63. The fraction of sp³-hybridized carbons (Fsp3) is 0.533. The predicted octanol–water partition coefficient (Wildman–Crippen LogP) is 4.22. The molecule has 2 atom stereocenters. The number of hydrogen-bond acceptors (Lipinski definition) is 1. The Bertz CT molecular complexity index is 506. The quantitative estimate of drug-likeness (QED) is 0.827. The van der Waals surface area contributed by atoms with Crippen LogP contribution < -0.4 is 5.32 Å². The van der Waals surface area contributed by atoms with Gasteiger partial charge in [0.05, 0.1) is 11.3 Å². The summed E-state index contributed by atoms with van der Waals surface area (Å²) in [5, 5.41) is 2.39. The third-order valence-electron chi connectivity index (χ3n) is 3.63. The molecule has 2 rings (SSSR count). The Kier molecular flexibility index (Phi) is 4.44. The van der Waals surface area contributed by atoms with E-state index in [-0.39, 0.29) is 5.69 Å². The molecule has 0 unspecified atom stereocenters. The highest BCUT2D eigenvalue weighted by Gasteiger charge is 2.34. The van der Waals surface area contributed by atoms with E-state index in [1.54, 1.807) is 4.90 Å². The number of nitrogens with zero attached hydrogens (tertiary/aromatic N) is 1. The van der Waals surface area contributed by atoms with Gasteiger partial charge in [-0.1, -0.05) is 26.0 Å². The molecule has 3 nitrogen and oxygen atoms in total. The molecule has 1 saturated heterocycles. The molecule has 1 N–H and O–H groups in total. The molecule has 116 valence electrons. The molecule has 0 saturated carbocycles. The normalized spacial score (nSPS) is 23.0. The number of nitrogens with one attached hydrogen (secondary N) is 1. The van der Waals surface area contributed by atoms with Gasteiger partial charge in [-0.25, -0.2) is 4.79 Å². The molecule has 0 spiro atoms. The van der Waals surface area contributed by atoms with Crippen LogP contribution in [-0.4, -0.2) is 24.0 Å². The molecule has 1 aliphatic rings. The van der Waals surface area contributed by atoms with Gasteiger partial charge in [-0.2, -0.15) is 13.2 Å². The van der Waals surface area contributed by atoms with Gasteiger partial charge in [0.25, 0.3) is 0 Å². The van der Waals surface area contributed by atoms with Crippen molar-refractivity contribution in [3.63, 3.8) is 0 Å². The first-order valence-electron chi connectivity index (χ1n) is 6.99. The molecule has 2 amide bonds. The number of piperidine rings is 1. The third kappa shape index (κ3) is 3.89. The van der Waals surface area contributed by atoms with Gasteiger partial charge in [0.1, 0.15) is 0 Å². The number of benzene rings is 1. The molecular formula is C15H19F3N2O. The second kappa shape index (κ2) is 5.95. The van der Waals surface area contributed by atoms with Gasteiger partial charge in [-0.3, -0.25) is 0 Å². The van der Waals surface area contributed by atoms with Crippen LogP contribution in [0.4, 0.5) is 23.7 Å². The van der Waals surface area contributed by atoms with Crippen LogP contribution in [0.15, 0.2) is 24.3 Å². The maximum atomic E-state index is 12.9. The van der Waals surface area contributed by atoms with Crippen LogP contribution in [0.2, 0.25) is 0 Å². The Hall–Kier alpha value is -1.72. The van der Waals surface area contributed by atoms with Gasteiger partial charge in [-0.05, 0) is 30.4 Å². The maximum Gasteiger partial charge on any atom is 0.418 e. The van der Waals surface area contributed by atoms with E-state index >= 15 is 0 Å².